The van der Waals surface area contributed by atoms with Gasteiger partial charge in [-0.2, -0.15) is 0 Å². The maximum atomic E-state index is 12.0. The number of nitrogens with zero attached hydrogens (tertiary/aromatic N) is 1. The van der Waals surface area contributed by atoms with Crippen molar-refractivity contribution in [1.29, 1.82) is 0 Å². The molecule has 6 heteroatoms. The Labute approximate surface area is 112 Å². The number of amides is 1. The summed E-state index contributed by atoms with van der Waals surface area (Å²) < 4.78 is 5.18. The summed E-state index contributed by atoms with van der Waals surface area (Å²) in [7, 11) is 0. The molecule has 0 unspecified atom stereocenters. The Morgan fingerprint density at radius 3 is 2.37 bits per heavy atom. The predicted molar refractivity (Wildman–Crippen MR) is 67.8 cm³/mol. The van der Waals surface area contributed by atoms with Crippen molar-refractivity contribution in [2.45, 2.75) is 46.1 Å². The second-order valence-electron chi connectivity index (χ2n) is 5.82. The minimum Gasteiger partial charge on any atom is -0.480 e. The quantitative estimate of drug-likeness (QED) is 0.772. The van der Waals surface area contributed by atoms with Gasteiger partial charge >= 0.3 is 12.1 Å². The molecule has 1 rings (SSSR count). The first-order valence-electron chi connectivity index (χ1n) is 6.37. The van der Waals surface area contributed by atoms with Crippen LogP contribution >= 0.6 is 0 Å². The standard InChI is InChI=1S/C13H21NO5/c1-5-13(10(16)17)6-7-14(8-9(13)15)11(18)19-12(2,3)4/h5-8H2,1-4H3,(H,16,17)/t13-/m1/s1. The van der Waals surface area contributed by atoms with E-state index in [1.54, 1.807) is 27.7 Å². The molecule has 108 valence electrons. The molecule has 0 aliphatic carbocycles. The highest BCUT2D eigenvalue weighted by Gasteiger charge is 2.48. The van der Waals surface area contributed by atoms with E-state index in [1.807, 2.05) is 0 Å². The summed E-state index contributed by atoms with van der Waals surface area (Å²) in [5, 5.41) is 9.21. The number of hydrogen-bond donors (Lipinski definition) is 1. The van der Waals surface area contributed by atoms with Crippen molar-refractivity contribution >= 4 is 17.8 Å². The van der Waals surface area contributed by atoms with Crippen LogP contribution in [0.4, 0.5) is 4.79 Å². The fourth-order valence-electron chi connectivity index (χ4n) is 2.10. The number of carbonyl (C=O) groups is 3. The Bertz CT molecular complexity index is 398. The lowest BCUT2D eigenvalue weighted by Crippen LogP contribution is -2.54. The zero-order valence-electron chi connectivity index (χ0n) is 11.9. The highest BCUT2D eigenvalue weighted by Crippen LogP contribution is 2.32. The van der Waals surface area contributed by atoms with Crippen molar-refractivity contribution in [3.63, 3.8) is 0 Å². The molecule has 0 radical (unpaired) electrons. The normalized spacial score (nSPS) is 24.2. The van der Waals surface area contributed by atoms with Crippen LogP contribution in [0.1, 0.15) is 40.5 Å². The lowest BCUT2D eigenvalue weighted by Gasteiger charge is -2.37. The minimum atomic E-state index is -1.35. The molecule has 1 N–H and O–H groups in total. The van der Waals surface area contributed by atoms with Gasteiger partial charge in [0.2, 0.25) is 0 Å². The van der Waals surface area contributed by atoms with Crippen molar-refractivity contribution in [2.75, 3.05) is 13.1 Å². The molecule has 1 aliphatic rings. The summed E-state index contributed by atoms with van der Waals surface area (Å²) in [4.78, 5) is 36.4. The van der Waals surface area contributed by atoms with Crippen LogP contribution in [-0.2, 0) is 14.3 Å². The summed E-state index contributed by atoms with van der Waals surface area (Å²) in [6.07, 6.45) is -0.198. The molecule has 19 heavy (non-hydrogen) atoms. The number of carboxylic acid groups (broad SMARTS) is 1. The molecule has 1 saturated heterocycles. The van der Waals surface area contributed by atoms with Gasteiger partial charge in [-0.15, -0.1) is 0 Å². The smallest absolute Gasteiger partial charge is 0.410 e. The second-order valence-corrected chi connectivity index (χ2v) is 5.82. The van der Waals surface area contributed by atoms with Crippen molar-refractivity contribution in [2.24, 2.45) is 5.41 Å². The zero-order chi connectivity index (χ0) is 14.8. The Balaban J connectivity index is 2.76. The molecule has 0 saturated carbocycles. The molecule has 0 spiro atoms. The van der Waals surface area contributed by atoms with Gasteiger partial charge in [0, 0.05) is 6.54 Å². The molecular formula is C13H21NO5. The Hall–Kier alpha value is -1.59. The maximum Gasteiger partial charge on any atom is 0.410 e. The van der Waals surface area contributed by atoms with Crippen LogP contribution in [0.5, 0.6) is 0 Å². The number of piperidine rings is 1. The molecule has 6 nitrogen and oxygen atoms in total. The van der Waals surface area contributed by atoms with E-state index in [0.29, 0.717) is 0 Å². The van der Waals surface area contributed by atoms with E-state index in [4.69, 9.17) is 4.74 Å². The number of rotatable bonds is 2. The van der Waals surface area contributed by atoms with Crippen LogP contribution < -0.4 is 0 Å². The van der Waals surface area contributed by atoms with E-state index < -0.39 is 28.9 Å². The highest BCUT2D eigenvalue weighted by molar-refractivity contribution is 6.05. The predicted octanol–water partition coefficient (Wildman–Crippen LogP) is 1.68. The average Bonchev–Trinajstić information content (AvgIpc) is 2.26. The minimum absolute atomic E-state index is 0.136. The molecule has 0 bridgehead atoms. The second kappa shape index (κ2) is 5.19. The maximum absolute atomic E-state index is 12.0. The van der Waals surface area contributed by atoms with E-state index in [1.165, 1.54) is 4.90 Å². The van der Waals surface area contributed by atoms with Gasteiger partial charge < -0.3 is 14.7 Å². The van der Waals surface area contributed by atoms with Gasteiger partial charge in [-0.1, -0.05) is 6.92 Å². The SMILES string of the molecule is CC[C@@]1(C(=O)O)CCN(C(=O)OC(C)(C)C)CC1=O. The molecule has 0 aromatic rings. The summed E-state index contributed by atoms with van der Waals surface area (Å²) in [5.74, 6) is -1.54. The Morgan fingerprint density at radius 1 is 1.42 bits per heavy atom. The monoisotopic (exact) mass is 271 g/mol. The molecular weight excluding hydrogens is 250 g/mol. The highest BCUT2D eigenvalue weighted by atomic mass is 16.6. The molecule has 0 aromatic heterocycles. The molecule has 1 aliphatic heterocycles. The third-order valence-electron chi connectivity index (χ3n) is 3.34. The van der Waals surface area contributed by atoms with Gasteiger partial charge in [0.1, 0.15) is 11.0 Å². The molecule has 1 heterocycles. The van der Waals surface area contributed by atoms with E-state index in [0.717, 1.165) is 0 Å². The largest absolute Gasteiger partial charge is 0.480 e. The van der Waals surface area contributed by atoms with Crippen LogP contribution in [0.3, 0.4) is 0 Å². The number of ketones is 1. The number of likely N-dealkylation sites (tertiary alicyclic amines) is 1. The van der Waals surface area contributed by atoms with Crippen molar-refractivity contribution in [3.8, 4) is 0 Å². The Kier molecular flexibility index (Phi) is 4.22. The topological polar surface area (TPSA) is 83.9 Å². The summed E-state index contributed by atoms with van der Waals surface area (Å²) in [6, 6.07) is 0. The first-order chi connectivity index (χ1) is 8.62. The Morgan fingerprint density at radius 2 is 2.00 bits per heavy atom. The van der Waals surface area contributed by atoms with Gasteiger partial charge in [-0.3, -0.25) is 9.59 Å². The average molecular weight is 271 g/mol. The number of aliphatic carboxylic acids is 1. The van der Waals surface area contributed by atoms with Crippen molar-refractivity contribution in [3.05, 3.63) is 0 Å². The fourth-order valence-corrected chi connectivity index (χ4v) is 2.10. The lowest BCUT2D eigenvalue weighted by atomic mass is 9.75. The number of Topliss-reactive ketones (excluding diaryl/α,β-unsaturated/α-hetero) is 1. The number of carbonyl (C=O) groups excluding carboxylic acids is 2. The van der Waals surface area contributed by atoms with E-state index in [2.05, 4.69) is 0 Å². The van der Waals surface area contributed by atoms with Crippen LogP contribution in [0.25, 0.3) is 0 Å². The number of hydrogen-bond acceptors (Lipinski definition) is 4. The lowest BCUT2D eigenvalue weighted by molar-refractivity contribution is -0.158. The molecule has 1 amide bonds. The van der Waals surface area contributed by atoms with Gasteiger partial charge in [-0.25, -0.2) is 4.79 Å². The third kappa shape index (κ3) is 3.24. The third-order valence-corrected chi connectivity index (χ3v) is 3.34. The van der Waals surface area contributed by atoms with Crippen molar-refractivity contribution in [1.82, 2.24) is 4.90 Å². The van der Waals surface area contributed by atoms with E-state index >= 15 is 0 Å². The van der Waals surface area contributed by atoms with Crippen LogP contribution in [0, 0.1) is 5.41 Å². The first kappa shape index (κ1) is 15.5. The first-order valence-corrected chi connectivity index (χ1v) is 6.37. The number of ether oxygens (including phenoxy) is 1. The van der Waals surface area contributed by atoms with Gasteiger partial charge in [0.25, 0.3) is 0 Å². The molecule has 1 atom stereocenters. The van der Waals surface area contributed by atoms with Crippen LogP contribution in [-0.4, -0.2) is 46.5 Å². The fraction of sp³-hybridized carbons (Fsp3) is 0.769. The zero-order valence-corrected chi connectivity index (χ0v) is 11.9. The van der Waals surface area contributed by atoms with Crippen molar-refractivity contribution < 1.29 is 24.2 Å². The van der Waals surface area contributed by atoms with Crippen LogP contribution in [0.2, 0.25) is 0 Å². The van der Waals surface area contributed by atoms with E-state index in [-0.39, 0.29) is 25.9 Å². The molecule has 1 fully saturated rings. The van der Waals surface area contributed by atoms with E-state index in [9.17, 15) is 19.5 Å². The molecule has 0 aromatic carbocycles. The summed E-state index contributed by atoms with van der Waals surface area (Å²) in [5.41, 5.74) is -1.98. The number of carboxylic acids is 1. The van der Waals surface area contributed by atoms with Crippen LogP contribution in [0.15, 0.2) is 0 Å². The summed E-state index contributed by atoms with van der Waals surface area (Å²) in [6.45, 7) is 6.92. The van der Waals surface area contributed by atoms with Gasteiger partial charge in [0.05, 0.1) is 6.54 Å². The summed E-state index contributed by atoms with van der Waals surface area (Å²) >= 11 is 0. The van der Waals surface area contributed by atoms with Gasteiger partial charge in [0.15, 0.2) is 5.78 Å². The van der Waals surface area contributed by atoms with Gasteiger partial charge in [-0.05, 0) is 33.6 Å².